The van der Waals surface area contributed by atoms with Gasteiger partial charge in [0, 0.05) is 17.8 Å². The van der Waals surface area contributed by atoms with Crippen molar-refractivity contribution in [3.05, 3.63) is 59.9 Å². The number of carbonyl (C=O) groups excluding carboxylic acids is 2. The molecule has 0 heterocycles. The Bertz CT molecular complexity index is 911. The molecule has 0 fully saturated rings. The Morgan fingerprint density at radius 2 is 1.77 bits per heavy atom. The lowest BCUT2D eigenvalue weighted by Crippen LogP contribution is -2.37. The number of nitrogens with zero attached hydrogens (tertiary/aromatic N) is 1. The third kappa shape index (κ3) is 4.74. The largest absolute Gasteiger partial charge is 0.325 e. The maximum Gasteiger partial charge on any atom is 0.243 e. The molecule has 26 heavy (non-hydrogen) atoms. The molecule has 138 valence electrons. The highest BCUT2D eigenvalue weighted by Crippen LogP contribution is 2.17. The van der Waals surface area contributed by atoms with Crippen LogP contribution in [0.5, 0.6) is 0 Å². The van der Waals surface area contributed by atoms with E-state index in [0.29, 0.717) is 11.3 Å². The summed E-state index contributed by atoms with van der Waals surface area (Å²) in [5, 5.41) is 2.58. The Morgan fingerprint density at radius 3 is 2.35 bits per heavy atom. The molecular formula is C18H19FN2O4S. The van der Waals surface area contributed by atoms with Crippen molar-refractivity contribution in [3.63, 3.8) is 0 Å². The van der Waals surface area contributed by atoms with E-state index in [-0.39, 0.29) is 17.2 Å². The third-order valence-electron chi connectivity index (χ3n) is 3.68. The molecule has 0 unspecified atom stereocenters. The molecule has 0 aliphatic carbocycles. The van der Waals surface area contributed by atoms with Crippen molar-refractivity contribution in [2.24, 2.45) is 0 Å². The van der Waals surface area contributed by atoms with Crippen molar-refractivity contribution in [3.8, 4) is 0 Å². The van der Waals surface area contributed by atoms with Gasteiger partial charge in [-0.3, -0.25) is 9.59 Å². The second-order valence-corrected chi connectivity index (χ2v) is 7.51. The van der Waals surface area contributed by atoms with Gasteiger partial charge in [0.25, 0.3) is 0 Å². The second-order valence-electron chi connectivity index (χ2n) is 5.57. The summed E-state index contributed by atoms with van der Waals surface area (Å²) in [5.74, 6) is -1.23. The van der Waals surface area contributed by atoms with Crippen molar-refractivity contribution >= 4 is 27.4 Å². The number of benzene rings is 2. The lowest BCUT2D eigenvalue weighted by atomic mass is 10.1. The van der Waals surface area contributed by atoms with Crippen LogP contribution in [-0.2, 0) is 14.8 Å². The van der Waals surface area contributed by atoms with Crippen LogP contribution in [0.1, 0.15) is 24.2 Å². The van der Waals surface area contributed by atoms with Gasteiger partial charge in [-0.2, -0.15) is 4.31 Å². The lowest BCUT2D eigenvalue weighted by Gasteiger charge is -2.20. The molecule has 0 spiro atoms. The number of ketones is 1. The number of hydrogen-bond acceptors (Lipinski definition) is 4. The van der Waals surface area contributed by atoms with E-state index < -0.39 is 28.3 Å². The van der Waals surface area contributed by atoms with Crippen molar-refractivity contribution in [2.75, 3.05) is 18.4 Å². The first-order chi connectivity index (χ1) is 12.2. The van der Waals surface area contributed by atoms with E-state index in [1.54, 1.807) is 25.1 Å². The summed E-state index contributed by atoms with van der Waals surface area (Å²) >= 11 is 0. The minimum atomic E-state index is -3.93. The number of carbonyl (C=O) groups is 2. The summed E-state index contributed by atoms with van der Waals surface area (Å²) in [7, 11) is -3.93. The Hall–Kier alpha value is -2.58. The molecule has 0 bridgehead atoms. The quantitative estimate of drug-likeness (QED) is 0.751. The van der Waals surface area contributed by atoms with Crippen LogP contribution in [0.25, 0.3) is 0 Å². The zero-order valence-electron chi connectivity index (χ0n) is 14.4. The van der Waals surface area contributed by atoms with Gasteiger partial charge in [-0.15, -0.1) is 0 Å². The minimum Gasteiger partial charge on any atom is -0.325 e. The van der Waals surface area contributed by atoms with Crippen LogP contribution in [0.3, 0.4) is 0 Å². The molecule has 2 rings (SSSR count). The van der Waals surface area contributed by atoms with E-state index in [0.717, 1.165) is 28.6 Å². The van der Waals surface area contributed by atoms with Crippen LogP contribution in [0, 0.1) is 5.82 Å². The Labute approximate surface area is 151 Å². The first kappa shape index (κ1) is 19.7. The highest BCUT2D eigenvalue weighted by atomic mass is 32.2. The fraction of sp³-hybridized carbons (Fsp3) is 0.222. The molecular weight excluding hydrogens is 359 g/mol. The number of hydrogen-bond donors (Lipinski definition) is 1. The van der Waals surface area contributed by atoms with Gasteiger partial charge < -0.3 is 5.32 Å². The molecule has 1 amide bonds. The average molecular weight is 378 g/mol. The highest BCUT2D eigenvalue weighted by molar-refractivity contribution is 7.89. The summed E-state index contributed by atoms with van der Waals surface area (Å²) in [6.07, 6.45) is 0. The highest BCUT2D eigenvalue weighted by Gasteiger charge is 2.25. The number of rotatable bonds is 7. The van der Waals surface area contributed by atoms with E-state index in [1.165, 1.54) is 13.0 Å². The Balaban J connectivity index is 2.14. The van der Waals surface area contributed by atoms with E-state index in [9.17, 15) is 22.4 Å². The van der Waals surface area contributed by atoms with Crippen LogP contribution < -0.4 is 5.32 Å². The number of Topliss-reactive ketones (excluding diaryl/α,β-unsaturated/α-hetero) is 1. The monoisotopic (exact) mass is 378 g/mol. The maximum absolute atomic E-state index is 13.0. The molecule has 0 aliphatic rings. The van der Waals surface area contributed by atoms with Gasteiger partial charge in [-0.25, -0.2) is 12.8 Å². The van der Waals surface area contributed by atoms with Gasteiger partial charge in [0.05, 0.1) is 11.4 Å². The van der Waals surface area contributed by atoms with Crippen molar-refractivity contribution in [2.45, 2.75) is 18.7 Å². The fourth-order valence-corrected chi connectivity index (χ4v) is 3.70. The summed E-state index contributed by atoms with van der Waals surface area (Å²) < 4.78 is 39.2. The number of amides is 1. The smallest absolute Gasteiger partial charge is 0.243 e. The Morgan fingerprint density at radius 1 is 1.12 bits per heavy atom. The van der Waals surface area contributed by atoms with Crippen molar-refractivity contribution in [1.29, 1.82) is 0 Å². The molecule has 6 nitrogen and oxygen atoms in total. The predicted octanol–water partition coefficient (Wildman–Crippen LogP) is 2.68. The molecule has 0 aliphatic heterocycles. The Kier molecular flexibility index (Phi) is 6.23. The molecule has 0 radical (unpaired) electrons. The number of likely N-dealkylation sites (N-methyl/N-ethyl adjacent to an activating group) is 1. The molecule has 2 aromatic carbocycles. The van der Waals surface area contributed by atoms with Crippen LogP contribution in [0.15, 0.2) is 53.4 Å². The molecule has 0 saturated carbocycles. The van der Waals surface area contributed by atoms with Gasteiger partial charge in [0.2, 0.25) is 15.9 Å². The fourth-order valence-electron chi connectivity index (χ4n) is 2.30. The van der Waals surface area contributed by atoms with Crippen LogP contribution in [0.4, 0.5) is 10.1 Å². The van der Waals surface area contributed by atoms with E-state index in [1.807, 2.05) is 0 Å². The SMILES string of the molecule is CCN(CC(=O)Nc1cccc(C(C)=O)c1)S(=O)(=O)c1ccc(F)cc1. The molecule has 1 N–H and O–H groups in total. The molecule has 0 atom stereocenters. The van der Waals surface area contributed by atoms with Gasteiger partial charge >= 0.3 is 0 Å². The van der Waals surface area contributed by atoms with E-state index in [2.05, 4.69) is 5.32 Å². The summed E-state index contributed by atoms with van der Waals surface area (Å²) in [6.45, 7) is 2.68. The number of halogens is 1. The molecule has 0 aromatic heterocycles. The minimum absolute atomic E-state index is 0.0701. The van der Waals surface area contributed by atoms with Gasteiger partial charge in [-0.1, -0.05) is 19.1 Å². The summed E-state index contributed by atoms with van der Waals surface area (Å²) in [5.41, 5.74) is 0.840. The number of anilines is 1. The number of nitrogens with one attached hydrogen (secondary N) is 1. The molecule has 2 aromatic rings. The third-order valence-corrected chi connectivity index (χ3v) is 5.61. The zero-order chi connectivity index (χ0) is 19.3. The standard InChI is InChI=1S/C18H19FN2O4S/c1-3-21(26(24,25)17-9-7-15(19)8-10-17)12-18(23)20-16-6-4-5-14(11-16)13(2)22/h4-11H,3,12H2,1-2H3,(H,20,23). The molecule has 0 saturated heterocycles. The predicted molar refractivity (Wildman–Crippen MR) is 95.9 cm³/mol. The maximum atomic E-state index is 13.0. The first-order valence-electron chi connectivity index (χ1n) is 7.90. The first-order valence-corrected chi connectivity index (χ1v) is 9.34. The van der Waals surface area contributed by atoms with Crippen molar-refractivity contribution < 1.29 is 22.4 Å². The van der Waals surface area contributed by atoms with Gasteiger partial charge in [0.1, 0.15) is 5.82 Å². The van der Waals surface area contributed by atoms with Crippen molar-refractivity contribution in [1.82, 2.24) is 4.31 Å². The lowest BCUT2D eigenvalue weighted by molar-refractivity contribution is -0.116. The van der Waals surface area contributed by atoms with Gasteiger partial charge in [0.15, 0.2) is 5.78 Å². The van der Waals surface area contributed by atoms with E-state index >= 15 is 0 Å². The molecule has 8 heteroatoms. The van der Waals surface area contributed by atoms with Gasteiger partial charge in [-0.05, 0) is 43.3 Å². The summed E-state index contributed by atoms with van der Waals surface area (Å²) in [4.78, 5) is 23.5. The van der Waals surface area contributed by atoms with Crippen LogP contribution >= 0.6 is 0 Å². The zero-order valence-corrected chi connectivity index (χ0v) is 15.2. The topological polar surface area (TPSA) is 83.6 Å². The van der Waals surface area contributed by atoms with Crippen LogP contribution in [-0.4, -0.2) is 37.5 Å². The summed E-state index contributed by atoms with van der Waals surface area (Å²) in [6, 6.07) is 10.8. The second kappa shape index (κ2) is 8.20. The van der Waals surface area contributed by atoms with Crippen LogP contribution in [0.2, 0.25) is 0 Å². The van der Waals surface area contributed by atoms with E-state index in [4.69, 9.17) is 0 Å². The normalized spacial score (nSPS) is 11.4. The number of sulfonamides is 1. The average Bonchev–Trinajstić information content (AvgIpc) is 2.60.